The molecule has 0 bridgehead atoms. The largest absolute Gasteiger partial charge is 0.302 e. The zero-order chi connectivity index (χ0) is 11.4. The van der Waals surface area contributed by atoms with Crippen molar-refractivity contribution in [3.05, 3.63) is 17.5 Å². The molecule has 0 aliphatic heterocycles. The van der Waals surface area contributed by atoms with E-state index in [1.54, 1.807) is 4.68 Å². The summed E-state index contributed by atoms with van der Waals surface area (Å²) in [6.07, 6.45) is 0.857. The first kappa shape index (κ1) is 11.9. The van der Waals surface area contributed by atoms with Gasteiger partial charge in [-0.05, 0) is 33.9 Å². The molecule has 4 nitrogen and oxygen atoms in total. The Morgan fingerprint density at radius 3 is 2.80 bits per heavy atom. The number of nitrogens with zero attached hydrogens (tertiary/aromatic N) is 3. The van der Waals surface area contributed by atoms with Crippen LogP contribution in [-0.4, -0.2) is 40.6 Å². The van der Waals surface area contributed by atoms with Gasteiger partial charge in [-0.1, -0.05) is 0 Å². The van der Waals surface area contributed by atoms with E-state index in [9.17, 15) is 4.79 Å². The number of carbonyl (C=O) groups excluding carboxylic acids is 1. The van der Waals surface area contributed by atoms with Gasteiger partial charge in [-0.25, -0.2) is 0 Å². The minimum Gasteiger partial charge on any atom is -0.302 e. The first-order valence-electron chi connectivity index (χ1n) is 5.24. The van der Waals surface area contributed by atoms with Crippen molar-refractivity contribution in [3.8, 4) is 0 Å². The zero-order valence-corrected chi connectivity index (χ0v) is 9.90. The summed E-state index contributed by atoms with van der Waals surface area (Å²) in [7, 11) is 2.07. The molecule has 1 heterocycles. The molecule has 1 rings (SSSR count). The lowest BCUT2D eigenvalue weighted by atomic mass is 10.3. The Bertz CT molecular complexity index is 331. The molecule has 4 heteroatoms. The van der Waals surface area contributed by atoms with Gasteiger partial charge >= 0.3 is 0 Å². The van der Waals surface area contributed by atoms with Gasteiger partial charge in [0, 0.05) is 12.6 Å². The van der Waals surface area contributed by atoms with Crippen LogP contribution in [0.2, 0.25) is 0 Å². The van der Waals surface area contributed by atoms with Crippen molar-refractivity contribution < 1.29 is 4.79 Å². The topological polar surface area (TPSA) is 38.1 Å². The van der Waals surface area contributed by atoms with Crippen molar-refractivity contribution >= 4 is 6.29 Å². The Hall–Kier alpha value is -1.16. The van der Waals surface area contributed by atoms with Gasteiger partial charge in [-0.2, -0.15) is 5.10 Å². The Labute approximate surface area is 90.9 Å². The van der Waals surface area contributed by atoms with E-state index in [1.807, 2.05) is 13.0 Å². The molecule has 1 aromatic rings. The molecule has 0 amide bonds. The number of aromatic nitrogens is 2. The molecule has 1 aromatic heterocycles. The van der Waals surface area contributed by atoms with E-state index < -0.39 is 0 Å². The van der Waals surface area contributed by atoms with E-state index in [0.717, 1.165) is 25.1 Å². The molecule has 0 radical (unpaired) electrons. The third kappa shape index (κ3) is 3.16. The number of hydrogen-bond donors (Lipinski definition) is 0. The molecule has 0 aliphatic rings. The summed E-state index contributed by atoms with van der Waals surface area (Å²) in [5, 5.41) is 4.27. The Morgan fingerprint density at radius 1 is 1.60 bits per heavy atom. The van der Waals surface area contributed by atoms with E-state index >= 15 is 0 Å². The highest BCUT2D eigenvalue weighted by Crippen LogP contribution is 2.02. The number of likely N-dealkylation sites (N-methyl/N-ethyl adjacent to an activating group) is 1. The number of aldehydes is 1. The van der Waals surface area contributed by atoms with Crippen molar-refractivity contribution in [1.82, 2.24) is 14.7 Å². The molecule has 0 saturated carbocycles. The lowest BCUT2D eigenvalue weighted by molar-refractivity contribution is 0.111. The minimum absolute atomic E-state index is 0.515. The van der Waals surface area contributed by atoms with Crippen LogP contribution in [-0.2, 0) is 6.54 Å². The van der Waals surface area contributed by atoms with Crippen LogP contribution >= 0.6 is 0 Å². The first-order chi connectivity index (χ1) is 7.04. The van der Waals surface area contributed by atoms with Crippen LogP contribution in [0.4, 0.5) is 0 Å². The molecular formula is C11H19N3O. The second kappa shape index (κ2) is 5.07. The molecule has 0 N–H and O–H groups in total. The van der Waals surface area contributed by atoms with E-state index in [-0.39, 0.29) is 0 Å². The van der Waals surface area contributed by atoms with Crippen molar-refractivity contribution in [3.63, 3.8) is 0 Å². The fourth-order valence-electron chi connectivity index (χ4n) is 1.35. The van der Waals surface area contributed by atoms with Crippen molar-refractivity contribution in [2.45, 2.75) is 33.4 Å². The Morgan fingerprint density at radius 2 is 2.27 bits per heavy atom. The van der Waals surface area contributed by atoms with Gasteiger partial charge in [0.1, 0.15) is 5.69 Å². The monoisotopic (exact) mass is 209 g/mol. The zero-order valence-electron chi connectivity index (χ0n) is 9.90. The summed E-state index contributed by atoms with van der Waals surface area (Å²) in [4.78, 5) is 13.0. The molecular weight excluding hydrogens is 190 g/mol. The molecule has 84 valence electrons. The van der Waals surface area contributed by atoms with Crippen LogP contribution in [0.15, 0.2) is 6.07 Å². The summed E-state index contributed by atoms with van der Waals surface area (Å²) in [6, 6.07) is 2.32. The molecule has 0 atom stereocenters. The minimum atomic E-state index is 0.515. The van der Waals surface area contributed by atoms with Crippen LogP contribution in [0.5, 0.6) is 0 Å². The normalized spacial score (nSPS) is 11.3. The maximum Gasteiger partial charge on any atom is 0.168 e. The number of carbonyl (C=O) groups is 1. The van der Waals surface area contributed by atoms with Gasteiger partial charge < -0.3 is 4.90 Å². The van der Waals surface area contributed by atoms with Crippen LogP contribution < -0.4 is 0 Å². The third-order valence-electron chi connectivity index (χ3n) is 2.60. The highest BCUT2D eigenvalue weighted by Gasteiger charge is 2.07. The average molecular weight is 209 g/mol. The number of hydrogen-bond acceptors (Lipinski definition) is 3. The third-order valence-corrected chi connectivity index (χ3v) is 2.60. The van der Waals surface area contributed by atoms with Gasteiger partial charge in [0.05, 0.1) is 12.2 Å². The average Bonchev–Trinajstić information content (AvgIpc) is 2.55. The summed E-state index contributed by atoms with van der Waals surface area (Å²) in [6.45, 7) is 7.86. The Balaban J connectivity index is 2.60. The summed E-state index contributed by atoms with van der Waals surface area (Å²) in [5.41, 5.74) is 1.55. The van der Waals surface area contributed by atoms with Crippen molar-refractivity contribution in [2.75, 3.05) is 13.6 Å². The van der Waals surface area contributed by atoms with Gasteiger partial charge in [-0.3, -0.25) is 9.48 Å². The van der Waals surface area contributed by atoms with Crippen LogP contribution in [0.3, 0.4) is 0 Å². The fourth-order valence-corrected chi connectivity index (χ4v) is 1.35. The Kier molecular flexibility index (Phi) is 4.03. The maximum atomic E-state index is 10.7. The first-order valence-corrected chi connectivity index (χ1v) is 5.24. The van der Waals surface area contributed by atoms with E-state index in [0.29, 0.717) is 11.7 Å². The highest BCUT2D eigenvalue weighted by atomic mass is 16.1. The van der Waals surface area contributed by atoms with Gasteiger partial charge in [0.25, 0.3) is 0 Å². The van der Waals surface area contributed by atoms with Gasteiger partial charge in [0.2, 0.25) is 0 Å². The van der Waals surface area contributed by atoms with Crippen LogP contribution in [0, 0.1) is 6.92 Å². The summed E-state index contributed by atoms with van der Waals surface area (Å²) < 4.78 is 1.77. The maximum absolute atomic E-state index is 10.7. The highest BCUT2D eigenvalue weighted by molar-refractivity contribution is 5.72. The molecule has 0 unspecified atom stereocenters. The van der Waals surface area contributed by atoms with E-state index in [1.165, 1.54) is 0 Å². The second-order valence-corrected chi connectivity index (χ2v) is 4.13. The second-order valence-electron chi connectivity index (χ2n) is 4.13. The van der Waals surface area contributed by atoms with Crippen molar-refractivity contribution in [1.29, 1.82) is 0 Å². The summed E-state index contributed by atoms with van der Waals surface area (Å²) >= 11 is 0. The number of rotatable bonds is 5. The predicted molar refractivity (Wildman–Crippen MR) is 60.1 cm³/mol. The standard InChI is InChI=1S/C11H19N3O/c1-9(2)13(4)5-6-14-11(8-15)7-10(3)12-14/h7-9H,5-6H2,1-4H3. The lowest BCUT2D eigenvalue weighted by Crippen LogP contribution is -2.30. The molecule has 0 aromatic carbocycles. The molecule has 0 spiro atoms. The fraction of sp³-hybridized carbons (Fsp3) is 0.636. The number of aryl methyl sites for hydroxylation is 1. The van der Waals surface area contributed by atoms with Crippen LogP contribution in [0.25, 0.3) is 0 Å². The predicted octanol–water partition coefficient (Wildman–Crippen LogP) is 1.34. The van der Waals surface area contributed by atoms with Crippen molar-refractivity contribution in [2.24, 2.45) is 0 Å². The quantitative estimate of drug-likeness (QED) is 0.687. The SMILES string of the molecule is Cc1cc(C=O)n(CCN(C)C(C)C)n1. The molecule has 0 aliphatic carbocycles. The van der Waals surface area contributed by atoms with E-state index in [4.69, 9.17) is 0 Å². The van der Waals surface area contributed by atoms with Crippen LogP contribution in [0.1, 0.15) is 30.0 Å². The van der Waals surface area contributed by atoms with Gasteiger partial charge in [0.15, 0.2) is 6.29 Å². The molecule has 0 fully saturated rings. The molecule has 0 saturated heterocycles. The smallest absolute Gasteiger partial charge is 0.168 e. The molecule has 15 heavy (non-hydrogen) atoms. The summed E-state index contributed by atoms with van der Waals surface area (Å²) in [5.74, 6) is 0. The lowest BCUT2D eigenvalue weighted by Gasteiger charge is -2.20. The van der Waals surface area contributed by atoms with E-state index in [2.05, 4.69) is 30.9 Å². The van der Waals surface area contributed by atoms with Gasteiger partial charge in [-0.15, -0.1) is 0 Å².